The van der Waals surface area contributed by atoms with Gasteiger partial charge in [-0.05, 0) is 11.6 Å². The molecule has 7 heteroatoms. The Balaban J connectivity index is 2.04. The lowest BCUT2D eigenvalue weighted by Gasteiger charge is -2.22. The summed E-state index contributed by atoms with van der Waals surface area (Å²) in [4.78, 5) is 29.7. The van der Waals surface area contributed by atoms with Crippen LogP contribution >= 0.6 is 0 Å². The van der Waals surface area contributed by atoms with Crippen molar-refractivity contribution in [3.8, 4) is 0 Å². The van der Waals surface area contributed by atoms with Crippen LogP contribution in [0, 0.1) is 0 Å². The average molecular weight is 356 g/mol. The van der Waals surface area contributed by atoms with Crippen LogP contribution in [0.4, 0.5) is 5.82 Å². The predicted octanol–water partition coefficient (Wildman–Crippen LogP) is 0.831. The third kappa shape index (κ3) is 5.56. The maximum absolute atomic E-state index is 12.1. The molecule has 7 nitrogen and oxygen atoms in total. The lowest BCUT2D eigenvalue weighted by atomic mass is 10.2. The van der Waals surface area contributed by atoms with Gasteiger partial charge in [0.1, 0.15) is 11.9 Å². The molecule has 0 bridgehead atoms. The van der Waals surface area contributed by atoms with Gasteiger partial charge >= 0.3 is 0 Å². The molecule has 0 spiro atoms. The van der Waals surface area contributed by atoms with Gasteiger partial charge in [-0.3, -0.25) is 9.59 Å². The van der Waals surface area contributed by atoms with Crippen LogP contribution in [0.2, 0.25) is 0 Å². The van der Waals surface area contributed by atoms with Gasteiger partial charge in [-0.1, -0.05) is 36.4 Å². The number of aliphatic hydroxyl groups excluding tert-OH is 1. The Bertz CT molecular complexity index is 737. The van der Waals surface area contributed by atoms with Crippen molar-refractivity contribution in [2.24, 2.45) is 0 Å². The number of aliphatic hydroxyl groups is 1. The quantitative estimate of drug-likeness (QED) is 0.651. The van der Waals surface area contributed by atoms with Crippen molar-refractivity contribution in [3.63, 3.8) is 0 Å². The largest absolute Gasteiger partial charge is 0.394 e. The number of anilines is 1. The van der Waals surface area contributed by atoms with E-state index < -0.39 is 18.6 Å². The monoisotopic (exact) mass is 356 g/mol. The van der Waals surface area contributed by atoms with Crippen LogP contribution in [-0.2, 0) is 22.7 Å². The van der Waals surface area contributed by atoms with E-state index in [2.05, 4.69) is 15.6 Å². The first-order chi connectivity index (χ1) is 12.5. The third-order valence-electron chi connectivity index (χ3n) is 3.82. The number of hydrogen-bond acceptors (Lipinski definition) is 5. The first-order valence-corrected chi connectivity index (χ1v) is 8.36. The molecule has 1 heterocycles. The highest BCUT2D eigenvalue weighted by Crippen LogP contribution is 2.18. The lowest BCUT2D eigenvalue weighted by Crippen LogP contribution is -2.48. The summed E-state index contributed by atoms with van der Waals surface area (Å²) in [7, 11) is 1.94. The van der Waals surface area contributed by atoms with E-state index in [-0.39, 0.29) is 12.5 Å². The van der Waals surface area contributed by atoms with E-state index in [0.29, 0.717) is 6.54 Å². The van der Waals surface area contributed by atoms with Crippen LogP contribution in [0.25, 0.3) is 0 Å². The van der Waals surface area contributed by atoms with Gasteiger partial charge in [0, 0.05) is 38.8 Å². The van der Waals surface area contributed by atoms with Crippen molar-refractivity contribution < 1.29 is 14.7 Å². The summed E-state index contributed by atoms with van der Waals surface area (Å²) in [6, 6.07) is 12.8. The maximum Gasteiger partial charge on any atom is 0.245 e. The molecule has 2 aromatic rings. The molecule has 1 atom stereocenters. The molecule has 1 aromatic carbocycles. The van der Waals surface area contributed by atoms with Gasteiger partial charge in [0.05, 0.1) is 6.61 Å². The Morgan fingerprint density at radius 1 is 1.19 bits per heavy atom. The molecule has 0 radical (unpaired) electrons. The van der Waals surface area contributed by atoms with Gasteiger partial charge in [-0.2, -0.15) is 0 Å². The van der Waals surface area contributed by atoms with Crippen molar-refractivity contribution in [1.82, 2.24) is 15.6 Å². The predicted molar refractivity (Wildman–Crippen MR) is 99.3 cm³/mol. The van der Waals surface area contributed by atoms with E-state index >= 15 is 0 Å². The first-order valence-electron chi connectivity index (χ1n) is 8.36. The number of aromatic nitrogens is 1. The minimum absolute atomic E-state index is 0.247. The van der Waals surface area contributed by atoms with Crippen molar-refractivity contribution in [2.75, 3.05) is 18.6 Å². The minimum Gasteiger partial charge on any atom is -0.394 e. The molecule has 26 heavy (non-hydrogen) atoms. The van der Waals surface area contributed by atoms with E-state index in [9.17, 15) is 14.7 Å². The van der Waals surface area contributed by atoms with Crippen LogP contribution in [0.3, 0.4) is 0 Å². The van der Waals surface area contributed by atoms with E-state index in [1.807, 2.05) is 48.3 Å². The number of carbonyl (C=O) groups is 2. The highest BCUT2D eigenvalue weighted by molar-refractivity contribution is 5.86. The zero-order chi connectivity index (χ0) is 18.9. The fourth-order valence-corrected chi connectivity index (χ4v) is 2.59. The van der Waals surface area contributed by atoms with E-state index in [1.54, 1.807) is 12.3 Å². The van der Waals surface area contributed by atoms with Crippen molar-refractivity contribution in [3.05, 3.63) is 59.8 Å². The fraction of sp³-hybridized carbons (Fsp3) is 0.316. The summed E-state index contributed by atoms with van der Waals surface area (Å²) in [6.45, 7) is 1.77. The number of benzene rings is 1. The molecular weight excluding hydrogens is 332 g/mol. The molecule has 0 fully saturated rings. The van der Waals surface area contributed by atoms with Gasteiger partial charge in [0.2, 0.25) is 11.8 Å². The summed E-state index contributed by atoms with van der Waals surface area (Å²) >= 11 is 0. The highest BCUT2D eigenvalue weighted by Gasteiger charge is 2.18. The summed E-state index contributed by atoms with van der Waals surface area (Å²) in [5.74, 6) is -0.0520. The van der Waals surface area contributed by atoms with Gasteiger partial charge in [-0.15, -0.1) is 0 Å². The number of nitrogens with one attached hydrogen (secondary N) is 2. The van der Waals surface area contributed by atoms with Crippen LogP contribution in [0.1, 0.15) is 18.1 Å². The minimum atomic E-state index is -0.963. The molecule has 2 amide bonds. The Hall–Kier alpha value is -2.93. The topological polar surface area (TPSA) is 94.6 Å². The highest BCUT2D eigenvalue weighted by atomic mass is 16.3. The molecule has 2 rings (SSSR count). The van der Waals surface area contributed by atoms with Crippen molar-refractivity contribution >= 4 is 17.6 Å². The van der Waals surface area contributed by atoms with Crippen molar-refractivity contribution in [1.29, 1.82) is 0 Å². The summed E-state index contributed by atoms with van der Waals surface area (Å²) in [5, 5.41) is 14.4. The lowest BCUT2D eigenvalue weighted by molar-refractivity contribution is -0.129. The molecule has 0 aliphatic carbocycles. The maximum atomic E-state index is 12.1. The Morgan fingerprint density at radius 2 is 1.92 bits per heavy atom. The molecule has 1 aromatic heterocycles. The molecule has 0 aliphatic rings. The van der Waals surface area contributed by atoms with Gasteiger partial charge < -0.3 is 20.6 Å². The Labute approximate surface area is 153 Å². The number of rotatable bonds is 8. The molecule has 0 unspecified atom stereocenters. The van der Waals surface area contributed by atoms with Crippen LogP contribution in [-0.4, -0.2) is 41.6 Å². The zero-order valence-corrected chi connectivity index (χ0v) is 15.0. The Morgan fingerprint density at radius 3 is 2.58 bits per heavy atom. The standard InChI is InChI=1S/C19H24N4O3/c1-14(25)22-17(13-24)19(26)21-11-16-9-6-10-20-18(16)23(2)12-15-7-4-3-5-8-15/h3-10,17,24H,11-13H2,1-2H3,(H,21,26)(H,22,25)/t17-/m1/s1. The molecular formula is C19H24N4O3. The number of nitrogens with zero attached hydrogens (tertiary/aromatic N) is 2. The van der Waals surface area contributed by atoms with E-state index in [1.165, 1.54) is 6.92 Å². The number of carbonyl (C=O) groups excluding carboxylic acids is 2. The Kier molecular flexibility index (Phi) is 7.11. The zero-order valence-electron chi connectivity index (χ0n) is 15.0. The normalized spacial score (nSPS) is 11.5. The fourth-order valence-electron chi connectivity index (χ4n) is 2.59. The SMILES string of the molecule is CC(=O)N[C@H](CO)C(=O)NCc1cccnc1N(C)Cc1ccccc1. The second-order valence-electron chi connectivity index (χ2n) is 5.98. The van der Waals surface area contributed by atoms with E-state index in [4.69, 9.17) is 0 Å². The molecule has 0 saturated carbocycles. The summed E-state index contributed by atoms with van der Waals surface area (Å²) < 4.78 is 0. The number of amides is 2. The molecule has 3 N–H and O–H groups in total. The average Bonchev–Trinajstić information content (AvgIpc) is 2.65. The number of pyridine rings is 1. The first kappa shape index (κ1) is 19.4. The van der Waals surface area contributed by atoms with E-state index in [0.717, 1.165) is 16.9 Å². The molecule has 138 valence electrons. The van der Waals surface area contributed by atoms with Crippen LogP contribution < -0.4 is 15.5 Å². The van der Waals surface area contributed by atoms with Crippen molar-refractivity contribution in [2.45, 2.75) is 26.1 Å². The second kappa shape index (κ2) is 9.53. The summed E-state index contributed by atoms with van der Waals surface area (Å²) in [6.07, 6.45) is 1.70. The van der Waals surface area contributed by atoms with Crippen LogP contribution in [0.15, 0.2) is 48.7 Å². The second-order valence-corrected chi connectivity index (χ2v) is 5.98. The smallest absolute Gasteiger partial charge is 0.245 e. The molecule has 0 saturated heterocycles. The summed E-state index contributed by atoms with van der Waals surface area (Å²) in [5.41, 5.74) is 2.00. The number of hydrogen-bond donors (Lipinski definition) is 3. The third-order valence-corrected chi connectivity index (χ3v) is 3.82. The van der Waals surface area contributed by atoms with Gasteiger partial charge in [-0.25, -0.2) is 4.98 Å². The molecule has 0 aliphatic heterocycles. The van der Waals surface area contributed by atoms with Gasteiger partial charge in [0.25, 0.3) is 0 Å². The van der Waals surface area contributed by atoms with Crippen LogP contribution in [0.5, 0.6) is 0 Å². The van der Waals surface area contributed by atoms with Gasteiger partial charge in [0.15, 0.2) is 0 Å².